The molecule has 6 atom stereocenters. The van der Waals surface area contributed by atoms with Crippen molar-refractivity contribution in [2.45, 2.75) is 71.8 Å². The Hall–Kier alpha value is -1.61. The Bertz CT molecular complexity index is 878. The van der Waals surface area contributed by atoms with E-state index in [1.54, 1.807) is 5.57 Å². The number of aromatic nitrogens is 1. The lowest BCUT2D eigenvalue weighted by molar-refractivity contribution is -0.148. The minimum atomic E-state index is -0.138. The quantitative estimate of drug-likeness (QED) is 0.405. The molecule has 0 N–H and O–H groups in total. The van der Waals surface area contributed by atoms with Crippen molar-refractivity contribution in [1.82, 2.24) is 4.98 Å². The van der Waals surface area contributed by atoms with Crippen LogP contribution in [0.5, 0.6) is 0 Å². The fraction of sp³-hybridized carbons (Fsp3) is 0.615. The van der Waals surface area contributed by atoms with E-state index in [-0.39, 0.29) is 35.3 Å². The number of carbonyl (C=O) groups is 1. The van der Waals surface area contributed by atoms with E-state index in [4.69, 9.17) is 4.74 Å². The third-order valence-corrected chi connectivity index (χ3v) is 8.94. The Morgan fingerprint density at radius 3 is 2.63 bits per heavy atom. The number of hydrogen-bond donors (Lipinski definition) is 0. The third-order valence-electron chi connectivity index (χ3n) is 8.94. The van der Waals surface area contributed by atoms with Crippen LogP contribution in [0.2, 0.25) is 0 Å². The number of esters is 1. The molecule has 4 heteroatoms. The lowest BCUT2D eigenvalue weighted by atomic mass is 9.47. The van der Waals surface area contributed by atoms with Gasteiger partial charge in [0, 0.05) is 25.7 Å². The van der Waals surface area contributed by atoms with E-state index in [1.165, 1.54) is 43.7 Å². The number of pyridine rings is 1. The second-order valence-corrected chi connectivity index (χ2v) is 10.3. The highest BCUT2D eigenvalue weighted by Gasteiger charge is 2.56. The summed E-state index contributed by atoms with van der Waals surface area (Å²) in [4.78, 5) is 15.8. The zero-order valence-corrected chi connectivity index (χ0v) is 19.2. The van der Waals surface area contributed by atoms with E-state index in [0.717, 1.165) is 37.0 Å². The Kier molecular flexibility index (Phi) is 5.63. The molecular formula is C26H34ClNO2. The van der Waals surface area contributed by atoms with Crippen LogP contribution in [0.15, 0.2) is 42.3 Å². The molecule has 4 aliphatic rings. The second-order valence-electron chi connectivity index (χ2n) is 10.3. The zero-order chi connectivity index (χ0) is 20.2. The summed E-state index contributed by atoms with van der Waals surface area (Å²) in [5.74, 6) is 2.12. The predicted octanol–water partition coefficient (Wildman–Crippen LogP) is 6.39. The summed E-state index contributed by atoms with van der Waals surface area (Å²) in [5.41, 5.74) is 4.99. The van der Waals surface area contributed by atoms with Crippen LogP contribution in [0.1, 0.15) is 71.3 Å². The van der Waals surface area contributed by atoms with Crippen molar-refractivity contribution >= 4 is 23.9 Å². The molecule has 0 unspecified atom stereocenters. The number of ether oxygens (including phenoxy) is 1. The molecule has 0 amide bonds. The molecule has 4 aliphatic carbocycles. The maximum absolute atomic E-state index is 11.4. The Morgan fingerprint density at radius 2 is 1.90 bits per heavy atom. The minimum Gasteiger partial charge on any atom is -0.462 e. The minimum absolute atomic E-state index is 0. The van der Waals surface area contributed by atoms with E-state index in [1.807, 2.05) is 12.4 Å². The van der Waals surface area contributed by atoms with Crippen LogP contribution in [0.3, 0.4) is 0 Å². The van der Waals surface area contributed by atoms with Crippen LogP contribution >= 0.6 is 12.4 Å². The molecule has 0 bridgehead atoms. The normalized spacial score (nSPS) is 39.4. The topological polar surface area (TPSA) is 39.2 Å². The molecule has 0 radical (unpaired) electrons. The molecule has 5 rings (SSSR count). The number of rotatable bonds is 2. The van der Waals surface area contributed by atoms with Gasteiger partial charge in [0.15, 0.2) is 0 Å². The van der Waals surface area contributed by atoms with Gasteiger partial charge >= 0.3 is 5.97 Å². The van der Waals surface area contributed by atoms with Gasteiger partial charge in [0.25, 0.3) is 0 Å². The summed E-state index contributed by atoms with van der Waals surface area (Å²) in [6.07, 6.45) is 17.1. The van der Waals surface area contributed by atoms with Crippen molar-refractivity contribution in [3.63, 3.8) is 0 Å². The Balaban J connectivity index is 0.00000218. The highest BCUT2D eigenvalue weighted by molar-refractivity contribution is 5.85. The maximum Gasteiger partial charge on any atom is 0.302 e. The van der Waals surface area contributed by atoms with E-state index < -0.39 is 0 Å². The van der Waals surface area contributed by atoms with Gasteiger partial charge in [-0.25, -0.2) is 0 Å². The standard InChI is InChI=1S/C26H33NO2.ClH/c1-17(28)29-20-10-12-25(2)19(15-20)6-7-21-23-9-8-22(18-5-4-14-27-16-18)26(23,3)13-11-24(21)25;/h4-6,8,14,16,20-21,23-24H,7,9-13,15H2,1-3H3;1H/t20-,21-,23+,24+,25-,26+;/m0./s1. The fourth-order valence-corrected chi connectivity index (χ4v) is 7.50. The first-order chi connectivity index (χ1) is 13.9. The highest BCUT2D eigenvalue weighted by atomic mass is 35.5. The molecule has 2 saturated carbocycles. The molecule has 3 nitrogen and oxygen atoms in total. The summed E-state index contributed by atoms with van der Waals surface area (Å²) < 4.78 is 5.58. The summed E-state index contributed by atoms with van der Waals surface area (Å²) in [6, 6.07) is 4.30. The fourth-order valence-electron chi connectivity index (χ4n) is 7.50. The second kappa shape index (κ2) is 7.82. The van der Waals surface area contributed by atoms with E-state index >= 15 is 0 Å². The van der Waals surface area contributed by atoms with Crippen molar-refractivity contribution < 1.29 is 9.53 Å². The smallest absolute Gasteiger partial charge is 0.302 e. The number of halogens is 1. The van der Waals surface area contributed by atoms with Crippen LogP contribution in [0.4, 0.5) is 0 Å². The van der Waals surface area contributed by atoms with E-state index in [9.17, 15) is 4.79 Å². The summed E-state index contributed by atoms with van der Waals surface area (Å²) >= 11 is 0. The number of hydrogen-bond acceptors (Lipinski definition) is 3. The average Bonchev–Trinajstić information content (AvgIpc) is 3.06. The molecule has 1 heterocycles. The molecule has 162 valence electrons. The van der Waals surface area contributed by atoms with Gasteiger partial charge in [-0.1, -0.05) is 37.6 Å². The van der Waals surface area contributed by atoms with E-state index in [2.05, 4.69) is 43.1 Å². The summed E-state index contributed by atoms with van der Waals surface area (Å²) in [7, 11) is 0. The van der Waals surface area contributed by atoms with Crippen molar-refractivity contribution in [1.29, 1.82) is 0 Å². The summed E-state index contributed by atoms with van der Waals surface area (Å²) in [5, 5.41) is 0. The molecule has 0 spiro atoms. The molecule has 0 aromatic carbocycles. The molecule has 0 aliphatic heterocycles. The number of allylic oxidation sites excluding steroid dienone is 3. The lowest BCUT2D eigenvalue weighted by Crippen LogP contribution is -2.50. The van der Waals surface area contributed by atoms with Crippen molar-refractivity contribution in [3.05, 3.63) is 47.8 Å². The van der Waals surface area contributed by atoms with Crippen LogP contribution in [-0.2, 0) is 9.53 Å². The van der Waals surface area contributed by atoms with Crippen molar-refractivity contribution in [3.8, 4) is 0 Å². The first kappa shape index (κ1) is 21.6. The lowest BCUT2D eigenvalue weighted by Gasteiger charge is -2.57. The van der Waals surface area contributed by atoms with Crippen LogP contribution in [0, 0.1) is 28.6 Å². The highest BCUT2D eigenvalue weighted by Crippen LogP contribution is 2.66. The van der Waals surface area contributed by atoms with Gasteiger partial charge in [-0.15, -0.1) is 12.4 Å². The summed E-state index contributed by atoms with van der Waals surface area (Å²) in [6.45, 7) is 6.56. The van der Waals surface area contributed by atoms with Crippen LogP contribution < -0.4 is 0 Å². The van der Waals surface area contributed by atoms with Crippen LogP contribution in [0.25, 0.3) is 5.57 Å². The van der Waals surface area contributed by atoms with Gasteiger partial charge in [0.05, 0.1) is 0 Å². The van der Waals surface area contributed by atoms with Crippen molar-refractivity contribution in [2.24, 2.45) is 28.6 Å². The molecule has 0 saturated heterocycles. The van der Waals surface area contributed by atoms with Crippen LogP contribution in [-0.4, -0.2) is 17.1 Å². The first-order valence-electron chi connectivity index (χ1n) is 11.4. The SMILES string of the molecule is CC(=O)O[C@H]1CC[C@@]2(C)C(=CC[C@@H]3[C@H]2CC[C@]2(C)C(c4cccnc4)=CC[C@H]32)C1.Cl. The average molecular weight is 428 g/mol. The molecule has 30 heavy (non-hydrogen) atoms. The number of nitrogens with zero attached hydrogens (tertiary/aromatic N) is 1. The Labute approximate surface area is 186 Å². The van der Waals surface area contributed by atoms with Crippen molar-refractivity contribution in [2.75, 3.05) is 0 Å². The molecule has 1 aromatic heterocycles. The van der Waals surface area contributed by atoms with Gasteiger partial charge in [0.2, 0.25) is 0 Å². The molecular weight excluding hydrogens is 394 g/mol. The first-order valence-corrected chi connectivity index (χ1v) is 11.4. The monoisotopic (exact) mass is 427 g/mol. The number of carbonyl (C=O) groups excluding carboxylic acids is 1. The van der Waals surface area contributed by atoms with Gasteiger partial charge < -0.3 is 4.74 Å². The largest absolute Gasteiger partial charge is 0.462 e. The van der Waals surface area contributed by atoms with Gasteiger partial charge in [0.1, 0.15) is 6.10 Å². The maximum atomic E-state index is 11.4. The van der Waals surface area contributed by atoms with Gasteiger partial charge in [-0.2, -0.15) is 0 Å². The molecule has 1 aromatic rings. The predicted molar refractivity (Wildman–Crippen MR) is 122 cm³/mol. The van der Waals surface area contributed by atoms with Gasteiger partial charge in [-0.3, -0.25) is 9.78 Å². The number of fused-ring (bicyclic) bond motifs is 5. The molecule has 2 fully saturated rings. The van der Waals surface area contributed by atoms with Gasteiger partial charge in [-0.05, 0) is 84.3 Å². The zero-order valence-electron chi connectivity index (χ0n) is 18.4. The van der Waals surface area contributed by atoms with E-state index in [0.29, 0.717) is 0 Å². The Morgan fingerprint density at radius 1 is 1.10 bits per heavy atom. The third kappa shape index (κ3) is 3.25.